The molecule has 1 heterocycles. The second kappa shape index (κ2) is 13.5. The average Bonchev–Trinajstić information content (AvgIpc) is 3.47. The van der Waals surface area contributed by atoms with Crippen LogP contribution in [0.4, 0.5) is 10.8 Å². The molecule has 0 aliphatic heterocycles. The molecule has 1 N–H and O–H groups in total. The number of nitrogens with one attached hydrogen (secondary N) is 1. The minimum absolute atomic E-state index is 0.376. The normalized spacial score (nSPS) is 11.1. The first-order valence-corrected chi connectivity index (χ1v) is 13.3. The molecule has 4 rings (SSSR count). The van der Waals surface area contributed by atoms with Crippen molar-refractivity contribution in [1.29, 1.82) is 0 Å². The minimum atomic E-state index is -1.45. The summed E-state index contributed by atoms with van der Waals surface area (Å²) in [5.41, 5.74) is 3.06. The summed E-state index contributed by atoms with van der Waals surface area (Å²) in [7, 11) is 1.78. The van der Waals surface area contributed by atoms with Crippen molar-refractivity contribution in [3.63, 3.8) is 0 Å². The lowest BCUT2D eigenvalue weighted by Gasteiger charge is -2.22. The zero-order chi connectivity index (χ0) is 25.0. The highest BCUT2D eigenvalue weighted by molar-refractivity contribution is 7.86. The Hall–Kier alpha value is -3.36. The molecule has 0 bridgehead atoms. The summed E-state index contributed by atoms with van der Waals surface area (Å²) in [6, 6.07) is 23.5. The Morgan fingerprint density at radius 2 is 1.71 bits per heavy atom. The fourth-order valence-corrected chi connectivity index (χ4v) is 5.24. The second-order valence-corrected chi connectivity index (χ2v) is 9.43. The van der Waals surface area contributed by atoms with Gasteiger partial charge in [0, 0.05) is 35.4 Å². The van der Waals surface area contributed by atoms with E-state index in [-0.39, 0.29) is 0 Å². The van der Waals surface area contributed by atoms with Gasteiger partial charge in [-0.2, -0.15) is 0 Å². The Balaban J connectivity index is 0.00000167. The van der Waals surface area contributed by atoms with Gasteiger partial charge in [-0.3, -0.25) is 4.31 Å². The standard InChI is InChI=1S/C25H25N3O3S2.C2H6/c1-30-22-11-8-20(24(16-22)31-2)18-28(25-26-14-15-32-25)33(29)23-12-9-21(10-13-23)27-17-19-6-4-3-5-7-19;1-2/h3-16,27H,17-18H2,1-2H3;1-2H3. The van der Waals surface area contributed by atoms with E-state index in [0.29, 0.717) is 28.1 Å². The molecule has 6 nitrogen and oxygen atoms in total. The third-order valence-electron chi connectivity index (χ3n) is 5.04. The van der Waals surface area contributed by atoms with E-state index >= 15 is 0 Å². The molecule has 35 heavy (non-hydrogen) atoms. The van der Waals surface area contributed by atoms with E-state index in [1.54, 1.807) is 24.7 Å². The molecular formula is C27H31N3O3S2. The minimum Gasteiger partial charge on any atom is -0.497 e. The Morgan fingerprint density at radius 1 is 0.971 bits per heavy atom. The van der Waals surface area contributed by atoms with Crippen LogP contribution in [0.3, 0.4) is 0 Å². The molecule has 0 saturated carbocycles. The third-order valence-corrected chi connectivity index (χ3v) is 7.32. The van der Waals surface area contributed by atoms with Gasteiger partial charge in [0.25, 0.3) is 0 Å². The monoisotopic (exact) mass is 509 g/mol. The summed E-state index contributed by atoms with van der Waals surface area (Å²) in [5.74, 6) is 1.38. The van der Waals surface area contributed by atoms with Crippen LogP contribution in [0.2, 0.25) is 0 Å². The van der Waals surface area contributed by atoms with E-state index in [1.165, 1.54) is 16.9 Å². The molecule has 1 atom stereocenters. The fourth-order valence-electron chi connectivity index (χ4n) is 3.29. The second-order valence-electron chi connectivity index (χ2n) is 7.14. The Kier molecular flexibility index (Phi) is 10.1. The maximum absolute atomic E-state index is 13.6. The van der Waals surface area contributed by atoms with Crippen molar-refractivity contribution >= 4 is 33.1 Å². The molecule has 1 aromatic heterocycles. The summed E-state index contributed by atoms with van der Waals surface area (Å²) in [6.45, 7) is 5.10. The lowest BCUT2D eigenvalue weighted by Crippen LogP contribution is -2.25. The fraction of sp³-hybridized carbons (Fsp3) is 0.222. The van der Waals surface area contributed by atoms with Gasteiger partial charge >= 0.3 is 0 Å². The first-order valence-electron chi connectivity index (χ1n) is 11.4. The maximum Gasteiger partial charge on any atom is 0.197 e. The van der Waals surface area contributed by atoms with Gasteiger partial charge in [-0.05, 0) is 42.0 Å². The van der Waals surface area contributed by atoms with Crippen LogP contribution >= 0.6 is 11.3 Å². The van der Waals surface area contributed by atoms with Crippen LogP contribution in [-0.2, 0) is 24.1 Å². The predicted molar refractivity (Wildman–Crippen MR) is 146 cm³/mol. The number of anilines is 2. The Bertz CT molecular complexity index is 1180. The molecule has 0 amide bonds. The largest absolute Gasteiger partial charge is 0.497 e. The van der Waals surface area contributed by atoms with Crippen LogP contribution in [0.1, 0.15) is 25.0 Å². The maximum atomic E-state index is 13.6. The van der Waals surface area contributed by atoms with E-state index in [9.17, 15) is 4.21 Å². The number of benzene rings is 3. The van der Waals surface area contributed by atoms with Gasteiger partial charge in [0.2, 0.25) is 0 Å². The van der Waals surface area contributed by atoms with Crippen LogP contribution in [0.5, 0.6) is 11.5 Å². The number of hydrogen-bond acceptors (Lipinski definition) is 6. The Morgan fingerprint density at radius 3 is 2.34 bits per heavy atom. The van der Waals surface area contributed by atoms with Crippen molar-refractivity contribution in [2.45, 2.75) is 31.8 Å². The molecular weight excluding hydrogens is 478 g/mol. The van der Waals surface area contributed by atoms with Gasteiger partial charge in [-0.15, -0.1) is 11.3 Å². The van der Waals surface area contributed by atoms with E-state index in [2.05, 4.69) is 22.4 Å². The summed E-state index contributed by atoms with van der Waals surface area (Å²) in [5, 5.41) is 5.95. The Labute approximate surface area is 214 Å². The average molecular weight is 510 g/mol. The topological polar surface area (TPSA) is 63.7 Å². The van der Waals surface area contributed by atoms with E-state index in [0.717, 1.165) is 17.8 Å². The highest BCUT2D eigenvalue weighted by Crippen LogP contribution is 2.30. The van der Waals surface area contributed by atoms with Crippen molar-refractivity contribution in [3.05, 3.63) is 95.5 Å². The van der Waals surface area contributed by atoms with Gasteiger partial charge in [0.15, 0.2) is 16.1 Å². The van der Waals surface area contributed by atoms with Crippen molar-refractivity contribution in [2.24, 2.45) is 0 Å². The molecule has 0 fully saturated rings. The van der Waals surface area contributed by atoms with Crippen molar-refractivity contribution in [3.8, 4) is 11.5 Å². The molecule has 0 aliphatic rings. The van der Waals surface area contributed by atoms with Crippen LogP contribution in [0.25, 0.3) is 0 Å². The lowest BCUT2D eigenvalue weighted by molar-refractivity contribution is 0.391. The zero-order valence-corrected chi connectivity index (χ0v) is 22.1. The number of aromatic nitrogens is 1. The number of rotatable bonds is 10. The molecule has 4 aromatic rings. The summed E-state index contributed by atoms with van der Waals surface area (Å²) in [6.07, 6.45) is 1.71. The lowest BCUT2D eigenvalue weighted by atomic mass is 10.2. The number of nitrogens with zero attached hydrogens (tertiary/aromatic N) is 2. The van der Waals surface area contributed by atoms with E-state index < -0.39 is 11.0 Å². The number of methoxy groups -OCH3 is 2. The highest BCUT2D eigenvalue weighted by atomic mass is 32.2. The molecule has 0 spiro atoms. The molecule has 3 aromatic carbocycles. The number of thiazole rings is 1. The smallest absolute Gasteiger partial charge is 0.197 e. The van der Waals surface area contributed by atoms with Crippen LogP contribution < -0.4 is 19.1 Å². The molecule has 0 saturated heterocycles. The number of ether oxygens (including phenoxy) is 2. The zero-order valence-electron chi connectivity index (χ0n) is 20.4. The van der Waals surface area contributed by atoms with Gasteiger partial charge < -0.3 is 14.8 Å². The quantitative estimate of drug-likeness (QED) is 0.263. The van der Waals surface area contributed by atoms with Crippen molar-refractivity contribution < 1.29 is 13.7 Å². The predicted octanol–water partition coefficient (Wildman–Crippen LogP) is 6.53. The first kappa shape index (κ1) is 26.2. The van der Waals surface area contributed by atoms with E-state index in [1.807, 2.05) is 79.9 Å². The summed E-state index contributed by atoms with van der Waals surface area (Å²) >= 11 is 1.45. The molecule has 8 heteroatoms. The third kappa shape index (κ3) is 7.07. The number of hydrogen-bond donors (Lipinski definition) is 1. The molecule has 0 aliphatic carbocycles. The summed E-state index contributed by atoms with van der Waals surface area (Å²) in [4.78, 5) is 5.10. The SMILES string of the molecule is CC.COc1ccc(CN(c2nccs2)S(=O)c2ccc(NCc3ccccc3)cc2)c(OC)c1. The van der Waals surface area contributed by atoms with Crippen molar-refractivity contribution in [1.82, 2.24) is 4.98 Å². The molecule has 1 unspecified atom stereocenters. The van der Waals surface area contributed by atoms with Crippen LogP contribution in [-0.4, -0.2) is 23.4 Å². The van der Waals surface area contributed by atoms with Crippen LogP contribution in [0, 0.1) is 0 Å². The van der Waals surface area contributed by atoms with Crippen LogP contribution in [0.15, 0.2) is 89.3 Å². The molecule has 184 valence electrons. The highest BCUT2D eigenvalue weighted by Gasteiger charge is 2.21. The summed E-state index contributed by atoms with van der Waals surface area (Å²) < 4.78 is 26.2. The molecule has 0 radical (unpaired) electrons. The van der Waals surface area contributed by atoms with Gasteiger partial charge in [-0.1, -0.05) is 44.2 Å². The van der Waals surface area contributed by atoms with Crippen molar-refractivity contribution in [2.75, 3.05) is 23.8 Å². The van der Waals surface area contributed by atoms with Gasteiger partial charge in [0.05, 0.1) is 25.7 Å². The van der Waals surface area contributed by atoms with Gasteiger partial charge in [0.1, 0.15) is 11.5 Å². The van der Waals surface area contributed by atoms with Gasteiger partial charge in [-0.25, -0.2) is 9.19 Å². The first-order chi connectivity index (χ1) is 17.2. The van der Waals surface area contributed by atoms with E-state index in [4.69, 9.17) is 9.47 Å².